The summed E-state index contributed by atoms with van der Waals surface area (Å²) >= 11 is 6.07. The smallest absolute Gasteiger partial charge is 0.288 e. The number of para-hydroxylation sites is 2. The molecule has 2 N–H and O–H groups in total. The van der Waals surface area contributed by atoms with Crippen LogP contribution < -0.4 is 20.1 Å². The number of rotatable bonds is 5. The molecular formula is C27H24ClN3O5. The number of ketones is 1. The number of fused-ring (bicyclic) bond motifs is 1. The quantitative estimate of drug-likeness (QED) is 0.312. The Bertz CT molecular complexity index is 1400. The molecule has 0 bridgehead atoms. The maximum Gasteiger partial charge on any atom is 0.288 e. The van der Waals surface area contributed by atoms with Gasteiger partial charge in [-0.05, 0) is 48.4 Å². The molecule has 2 aliphatic rings. The van der Waals surface area contributed by atoms with Crippen LogP contribution in [0.15, 0.2) is 71.9 Å². The van der Waals surface area contributed by atoms with E-state index >= 15 is 0 Å². The second-order valence-corrected chi connectivity index (χ2v) is 9.15. The second kappa shape index (κ2) is 9.54. The minimum absolute atomic E-state index is 0.0465. The van der Waals surface area contributed by atoms with Crippen LogP contribution in [0, 0.1) is 10.1 Å². The molecule has 0 saturated carbocycles. The lowest BCUT2D eigenvalue weighted by atomic mass is 9.78. The van der Waals surface area contributed by atoms with Crippen molar-refractivity contribution in [2.24, 2.45) is 0 Å². The predicted molar refractivity (Wildman–Crippen MR) is 138 cm³/mol. The highest BCUT2D eigenvalue weighted by Crippen LogP contribution is 2.46. The average molecular weight is 506 g/mol. The third-order valence-corrected chi connectivity index (χ3v) is 7.01. The highest BCUT2D eigenvalue weighted by atomic mass is 35.5. The number of anilines is 2. The summed E-state index contributed by atoms with van der Waals surface area (Å²) in [4.78, 5) is 24.8. The molecule has 9 heteroatoms. The van der Waals surface area contributed by atoms with Crippen molar-refractivity contribution in [3.8, 4) is 11.5 Å². The molecule has 0 fully saturated rings. The molecule has 0 radical (unpaired) electrons. The average Bonchev–Trinajstić information content (AvgIpc) is 3.05. The number of nitrogens with one attached hydrogen (secondary N) is 2. The summed E-state index contributed by atoms with van der Waals surface area (Å²) in [5.74, 6) is 1.18. The zero-order chi connectivity index (χ0) is 25.4. The number of halogens is 1. The van der Waals surface area contributed by atoms with Crippen LogP contribution in [-0.4, -0.2) is 24.9 Å². The van der Waals surface area contributed by atoms with Crippen molar-refractivity contribution in [2.45, 2.75) is 24.8 Å². The molecule has 8 nitrogen and oxygen atoms in total. The Morgan fingerprint density at radius 2 is 1.78 bits per heavy atom. The van der Waals surface area contributed by atoms with E-state index in [1.807, 2.05) is 42.5 Å². The van der Waals surface area contributed by atoms with Gasteiger partial charge in [0.1, 0.15) is 16.5 Å². The lowest BCUT2D eigenvalue weighted by Crippen LogP contribution is -2.27. The molecule has 1 heterocycles. The maximum absolute atomic E-state index is 13.8. The summed E-state index contributed by atoms with van der Waals surface area (Å²) in [6.45, 7) is 0. The summed E-state index contributed by atoms with van der Waals surface area (Å²) < 4.78 is 11.0. The van der Waals surface area contributed by atoms with Gasteiger partial charge in [0.05, 0.1) is 36.6 Å². The van der Waals surface area contributed by atoms with E-state index in [-0.39, 0.29) is 28.8 Å². The lowest BCUT2D eigenvalue weighted by Gasteiger charge is -2.30. The fourth-order valence-corrected chi connectivity index (χ4v) is 5.16. The molecule has 0 spiro atoms. The molecule has 0 aromatic heterocycles. The first kappa shape index (κ1) is 23.7. The van der Waals surface area contributed by atoms with Gasteiger partial charge in [-0.2, -0.15) is 0 Å². The van der Waals surface area contributed by atoms with E-state index < -0.39 is 11.0 Å². The Morgan fingerprint density at radius 1 is 1.00 bits per heavy atom. The Hall–Kier alpha value is -4.04. The molecule has 5 rings (SSSR count). The lowest BCUT2D eigenvalue weighted by molar-refractivity contribution is -0.384. The third kappa shape index (κ3) is 4.24. The first-order valence-electron chi connectivity index (χ1n) is 11.4. The highest BCUT2D eigenvalue weighted by molar-refractivity contribution is 6.32. The summed E-state index contributed by atoms with van der Waals surface area (Å²) in [7, 11) is 3.21. The molecule has 1 aliphatic carbocycles. The topological polar surface area (TPSA) is 103 Å². The molecule has 3 aromatic rings. The Balaban J connectivity index is 1.63. The Morgan fingerprint density at radius 3 is 2.50 bits per heavy atom. The number of nitrogens with zero attached hydrogens (tertiary/aromatic N) is 1. The second-order valence-electron chi connectivity index (χ2n) is 8.74. The number of allylic oxidation sites excluding steroid dienone is 1. The van der Waals surface area contributed by atoms with E-state index in [1.54, 1.807) is 20.3 Å². The molecule has 2 atom stereocenters. The van der Waals surface area contributed by atoms with Gasteiger partial charge < -0.3 is 20.1 Å². The fourth-order valence-electron chi connectivity index (χ4n) is 4.97. The van der Waals surface area contributed by atoms with Crippen LogP contribution >= 0.6 is 11.6 Å². The van der Waals surface area contributed by atoms with Gasteiger partial charge in [-0.25, -0.2) is 0 Å². The van der Waals surface area contributed by atoms with Crippen LogP contribution in [0.4, 0.5) is 17.1 Å². The number of carbonyl (C=O) groups is 1. The van der Waals surface area contributed by atoms with Crippen LogP contribution in [0.2, 0.25) is 5.02 Å². The van der Waals surface area contributed by atoms with Crippen LogP contribution in [0.3, 0.4) is 0 Å². The molecule has 0 saturated heterocycles. The summed E-state index contributed by atoms with van der Waals surface area (Å²) in [6, 6.07) is 17.3. The minimum atomic E-state index is -0.590. The zero-order valence-electron chi connectivity index (χ0n) is 19.7. The first-order valence-corrected chi connectivity index (χ1v) is 11.8. The van der Waals surface area contributed by atoms with Crippen molar-refractivity contribution in [1.29, 1.82) is 0 Å². The summed E-state index contributed by atoms with van der Waals surface area (Å²) in [5, 5.41) is 18.5. The van der Waals surface area contributed by atoms with Gasteiger partial charge in [0.2, 0.25) is 0 Å². The van der Waals surface area contributed by atoms with Crippen molar-refractivity contribution < 1.29 is 19.2 Å². The normalized spacial score (nSPS) is 18.8. The van der Waals surface area contributed by atoms with Crippen molar-refractivity contribution in [2.75, 3.05) is 24.9 Å². The fraction of sp³-hybridized carbons (Fsp3) is 0.222. The predicted octanol–water partition coefficient (Wildman–Crippen LogP) is 6.24. The Labute approximate surface area is 213 Å². The van der Waals surface area contributed by atoms with E-state index in [0.29, 0.717) is 29.1 Å². The van der Waals surface area contributed by atoms with Crippen LogP contribution in [0.5, 0.6) is 11.5 Å². The van der Waals surface area contributed by atoms with Gasteiger partial charge in [0.15, 0.2) is 5.78 Å². The van der Waals surface area contributed by atoms with Crippen LogP contribution in [0.25, 0.3) is 0 Å². The Kier molecular flexibility index (Phi) is 6.28. The number of hydrogen-bond acceptors (Lipinski definition) is 7. The van der Waals surface area contributed by atoms with Gasteiger partial charge in [0, 0.05) is 35.2 Å². The minimum Gasteiger partial charge on any atom is -0.497 e. The number of hydrogen-bond donors (Lipinski definition) is 2. The van der Waals surface area contributed by atoms with E-state index in [9.17, 15) is 14.9 Å². The number of methoxy groups -OCH3 is 2. The van der Waals surface area contributed by atoms with Crippen LogP contribution in [0.1, 0.15) is 35.9 Å². The number of Topliss-reactive ketones (excluding diaryl/α,β-unsaturated/α-hetero) is 1. The molecule has 184 valence electrons. The summed E-state index contributed by atoms with van der Waals surface area (Å²) in [5.41, 5.74) is 4.21. The maximum atomic E-state index is 13.8. The van der Waals surface area contributed by atoms with E-state index in [4.69, 9.17) is 21.1 Å². The van der Waals surface area contributed by atoms with Gasteiger partial charge in [-0.3, -0.25) is 14.9 Å². The highest BCUT2D eigenvalue weighted by Gasteiger charge is 2.37. The molecule has 0 amide bonds. The molecular weight excluding hydrogens is 482 g/mol. The van der Waals surface area contributed by atoms with E-state index in [2.05, 4.69) is 10.6 Å². The number of nitro groups is 1. The van der Waals surface area contributed by atoms with Crippen molar-refractivity contribution >= 4 is 34.4 Å². The molecule has 1 aliphatic heterocycles. The SMILES string of the molecule is COc1ccc(OC)c(C2CC(=O)C3=C(C2)Nc2ccccc2NC3c2ccc(Cl)c([N+](=O)[O-])c2)c1. The van der Waals surface area contributed by atoms with Crippen molar-refractivity contribution in [3.05, 3.63) is 98.2 Å². The number of carbonyl (C=O) groups excluding carboxylic acids is 1. The van der Waals surface area contributed by atoms with Gasteiger partial charge in [0.25, 0.3) is 5.69 Å². The summed E-state index contributed by atoms with van der Waals surface area (Å²) in [6.07, 6.45) is 0.807. The number of nitro benzene ring substituents is 1. The third-order valence-electron chi connectivity index (χ3n) is 6.69. The number of ether oxygens (including phenoxy) is 2. The van der Waals surface area contributed by atoms with Crippen molar-refractivity contribution in [3.63, 3.8) is 0 Å². The van der Waals surface area contributed by atoms with E-state index in [1.165, 1.54) is 12.1 Å². The monoisotopic (exact) mass is 505 g/mol. The first-order chi connectivity index (χ1) is 17.4. The van der Waals surface area contributed by atoms with Crippen LogP contribution in [-0.2, 0) is 4.79 Å². The van der Waals surface area contributed by atoms with Crippen molar-refractivity contribution in [1.82, 2.24) is 0 Å². The molecule has 3 aromatic carbocycles. The van der Waals surface area contributed by atoms with Gasteiger partial charge in [-0.15, -0.1) is 0 Å². The van der Waals surface area contributed by atoms with Gasteiger partial charge in [-0.1, -0.05) is 29.8 Å². The molecule has 36 heavy (non-hydrogen) atoms. The van der Waals surface area contributed by atoms with Gasteiger partial charge >= 0.3 is 0 Å². The number of benzene rings is 3. The standard InChI is InChI=1S/C27H24ClN3O5/c1-35-17-8-10-25(36-2)18(14-17)16-11-22-26(24(32)13-16)27(30-21-6-4-3-5-20(21)29-22)15-7-9-19(28)23(12-15)31(33)34/h3-10,12,14,16,27,29-30H,11,13H2,1-2H3. The zero-order valence-corrected chi connectivity index (χ0v) is 20.5. The largest absolute Gasteiger partial charge is 0.497 e. The van der Waals surface area contributed by atoms with E-state index in [0.717, 1.165) is 22.6 Å². The molecule has 2 unspecified atom stereocenters.